The van der Waals surface area contributed by atoms with Crippen LogP contribution in [-0.4, -0.2) is 21.0 Å². The third kappa shape index (κ3) is 2.89. The zero-order valence-corrected chi connectivity index (χ0v) is 16.5. The van der Waals surface area contributed by atoms with Gasteiger partial charge < -0.3 is 9.30 Å². The van der Waals surface area contributed by atoms with Gasteiger partial charge in [-0.1, -0.05) is 12.5 Å². The number of benzene rings is 1. The van der Waals surface area contributed by atoms with Gasteiger partial charge in [0.25, 0.3) is 0 Å². The number of hydrogen-bond acceptors (Lipinski definition) is 2. The summed E-state index contributed by atoms with van der Waals surface area (Å²) < 4.78 is 10.4. The lowest BCUT2D eigenvalue weighted by atomic mass is 9.89. The lowest BCUT2D eigenvalue weighted by Gasteiger charge is -2.22. The van der Waals surface area contributed by atoms with E-state index in [-0.39, 0.29) is 6.23 Å². The zero-order valence-electron chi connectivity index (χ0n) is 16.5. The van der Waals surface area contributed by atoms with E-state index in [0.29, 0.717) is 0 Å². The van der Waals surface area contributed by atoms with Gasteiger partial charge in [0, 0.05) is 42.0 Å². The van der Waals surface area contributed by atoms with E-state index in [2.05, 4.69) is 46.3 Å². The topological polar surface area (TPSA) is 32.0 Å². The normalized spacial score (nSPS) is 29.7. The Morgan fingerprint density at radius 2 is 2.04 bits per heavy atom. The molecule has 4 atom stereocenters. The first-order valence-corrected chi connectivity index (χ1v) is 11.1. The number of ether oxygens (including phenoxy) is 1. The Morgan fingerprint density at radius 1 is 1.04 bits per heavy atom. The molecule has 1 aromatic carbocycles. The minimum absolute atomic E-state index is 0.106. The number of aromatic nitrogens is 3. The number of fused-ring (bicyclic) bond motifs is 3. The minimum Gasteiger partial charge on any atom is -0.357 e. The SMILES string of the molecule is c1cc2c(ccn2CC2CC3CCC2C3)cc1-c1cnn(C2CCCCO2)c1. The molecule has 4 unspecified atom stereocenters. The standard InChI is InChI=1S/C24H29N3O/c1-2-10-28-24(3-1)27-16-22(14-25-27)19-6-7-23-20(13-19)8-9-26(23)15-21-12-17-4-5-18(21)11-17/h6-9,13-14,16-18,21,24H,1-5,10-12,15H2. The molecule has 3 aliphatic rings. The van der Waals surface area contributed by atoms with E-state index in [0.717, 1.165) is 30.8 Å². The molecule has 28 heavy (non-hydrogen) atoms. The van der Waals surface area contributed by atoms with E-state index < -0.39 is 0 Å². The number of nitrogens with zero attached hydrogens (tertiary/aromatic N) is 3. The highest BCUT2D eigenvalue weighted by Gasteiger charge is 2.39. The highest BCUT2D eigenvalue weighted by Crippen LogP contribution is 2.49. The average Bonchev–Trinajstić information content (AvgIpc) is 3.53. The summed E-state index contributed by atoms with van der Waals surface area (Å²) >= 11 is 0. The van der Waals surface area contributed by atoms with Crippen molar-refractivity contribution in [2.45, 2.75) is 57.7 Å². The van der Waals surface area contributed by atoms with Crippen LogP contribution >= 0.6 is 0 Å². The maximum atomic E-state index is 5.87. The van der Waals surface area contributed by atoms with Gasteiger partial charge in [0.15, 0.2) is 0 Å². The maximum Gasteiger partial charge on any atom is 0.150 e. The Bertz CT molecular complexity index is 981. The summed E-state index contributed by atoms with van der Waals surface area (Å²) in [6.07, 6.45) is 15.9. The Morgan fingerprint density at radius 3 is 2.86 bits per heavy atom. The predicted octanol–water partition coefficient (Wildman–Crippen LogP) is 5.64. The van der Waals surface area contributed by atoms with Crippen molar-refractivity contribution in [1.82, 2.24) is 14.3 Å². The second-order valence-corrected chi connectivity index (χ2v) is 9.21. The highest BCUT2D eigenvalue weighted by molar-refractivity contribution is 5.85. The van der Waals surface area contributed by atoms with Crippen LogP contribution in [0.15, 0.2) is 42.9 Å². The second kappa shape index (κ2) is 6.77. The van der Waals surface area contributed by atoms with E-state index in [1.165, 1.54) is 67.1 Å². The van der Waals surface area contributed by atoms with Crippen LogP contribution in [0.1, 0.15) is 51.2 Å². The first-order chi connectivity index (χ1) is 13.8. The molecule has 0 amide bonds. The second-order valence-electron chi connectivity index (χ2n) is 9.21. The molecule has 3 fully saturated rings. The fourth-order valence-corrected chi connectivity index (χ4v) is 5.97. The molecule has 3 aromatic rings. The van der Waals surface area contributed by atoms with E-state index in [4.69, 9.17) is 4.74 Å². The molecule has 0 N–H and O–H groups in total. The van der Waals surface area contributed by atoms with Crippen molar-refractivity contribution in [2.75, 3.05) is 6.61 Å². The van der Waals surface area contributed by atoms with E-state index in [1.807, 2.05) is 10.9 Å². The predicted molar refractivity (Wildman–Crippen MR) is 111 cm³/mol. The summed E-state index contributed by atoms with van der Waals surface area (Å²) in [6, 6.07) is 9.14. The van der Waals surface area contributed by atoms with Crippen molar-refractivity contribution >= 4 is 10.9 Å². The van der Waals surface area contributed by atoms with Crippen LogP contribution in [0.25, 0.3) is 22.0 Å². The van der Waals surface area contributed by atoms with Crippen LogP contribution in [0.2, 0.25) is 0 Å². The highest BCUT2D eigenvalue weighted by atomic mass is 16.5. The molecule has 6 rings (SSSR count). The molecule has 1 saturated heterocycles. The van der Waals surface area contributed by atoms with Crippen LogP contribution in [-0.2, 0) is 11.3 Å². The zero-order chi connectivity index (χ0) is 18.5. The molecule has 2 aliphatic carbocycles. The Kier molecular flexibility index (Phi) is 4.07. The third-order valence-corrected chi connectivity index (χ3v) is 7.47. The van der Waals surface area contributed by atoms with Gasteiger partial charge in [-0.3, -0.25) is 0 Å². The van der Waals surface area contributed by atoms with Crippen molar-refractivity contribution in [3.63, 3.8) is 0 Å². The molecule has 0 radical (unpaired) electrons. The minimum atomic E-state index is 0.106. The molecule has 4 nitrogen and oxygen atoms in total. The molecule has 2 aromatic heterocycles. The van der Waals surface area contributed by atoms with E-state index in [1.54, 1.807) is 0 Å². The largest absolute Gasteiger partial charge is 0.357 e. The Balaban J connectivity index is 1.23. The van der Waals surface area contributed by atoms with E-state index in [9.17, 15) is 0 Å². The summed E-state index contributed by atoms with van der Waals surface area (Å²) in [5, 5.41) is 5.91. The molecule has 1 aliphatic heterocycles. The van der Waals surface area contributed by atoms with Crippen molar-refractivity contribution in [2.24, 2.45) is 17.8 Å². The summed E-state index contributed by atoms with van der Waals surface area (Å²) in [7, 11) is 0. The van der Waals surface area contributed by atoms with Gasteiger partial charge in [0.2, 0.25) is 0 Å². The van der Waals surface area contributed by atoms with Gasteiger partial charge in [0.05, 0.1) is 6.20 Å². The Labute approximate surface area is 166 Å². The summed E-state index contributed by atoms with van der Waals surface area (Å²) in [5.41, 5.74) is 3.79. The van der Waals surface area contributed by atoms with Gasteiger partial charge in [-0.05, 0) is 80.0 Å². The van der Waals surface area contributed by atoms with Crippen molar-refractivity contribution in [3.8, 4) is 11.1 Å². The van der Waals surface area contributed by atoms with Gasteiger partial charge in [-0.25, -0.2) is 4.68 Å². The van der Waals surface area contributed by atoms with Gasteiger partial charge >= 0.3 is 0 Å². The van der Waals surface area contributed by atoms with Crippen LogP contribution < -0.4 is 0 Å². The summed E-state index contributed by atoms with van der Waals surface area (Å²) in [4.78, 5) is 0. The first-order valence-electron chi connectivity index (χ1n) is 11.1. The number of hydrogen-bond donors (Lipinski definition) is 0. The molecule has 146 valence electrons. The molecule has 4 heteroatoms. The summed E-state index contributed by atoms with van der Waals surface area (Å²) in [6.45, 7) is 2.04. The third-order valence-electron chi connectivity index (χ3n) is 7.47. The molecular weight excluding hydrogens is 346 g/mol. The van der Waals surface area contributed by atoms with E-state index >= 15 is 0 Å². The molecular formula is C24H29N3O. The first kappa shape index (κ1) is 16.8. The maximum absolute atomic E-state index is 5.87. The van der Waals surface area contributed by atoms with Crippen LogP contribution in [0, 0.1) is 17.8 Å². The molecule has 3 heterocycles. The molecule has 2 saturated carbocycles. The van der Waals surface area contributed by atoms with Crippen molar-refractivity contribution in [3.05, 3.63) is 42.9 Å². The average molecular weight is 376 g/mol. The van der Waals surface area contributed by atoms with Crippen molar-refractivity contribution < 1.29 is 4.74 Å². The fraction of sp³-hybridized carbons (Fsp3) is 0.542. The smallest absolute Gasteiger partial charge is 0.150 e. The fourth-order valence-electron chi connectivity index (χ4n) is 5.97. The van der Waals surface area contributed by atoms with Crippen LogP contribution in [0.3, 0.4) is 0 Å². The number of rotatable bonds is 4. The van der Waals surface area contributed by atoms with Gasteiger partial charge in [0.1, 0.15) is 6.23 Å². The van der Waals surface area contributed by atoms with Gasteiger partial charge in [-0.2, -0.15) is 5.10 Å². The quantitative estimate of drug-likeness (QED) is 0.591. The lowest BCUT2D eigenvalue weighted by molar-refractivity contribution is -0.0394. The van der Waals surface area contributed by atoms with Crippen molar-refractivity contribution in [1.29, 1.82) is 0 Å². The monoisotopic (exact) mass is 375 g/mol. The van der Waals surface area contributed by atoms with Gasteiger partial charge in [-0.15, -0.1) is 0 Å². The van der Waals surface area contributed by atoms with Crippen LogP contribution in [0.5, 0.6) is 0 Å². The Hall–Kier alpha value is -2.07. The lowest BCUT2D eigenvalue weighted by Crippen LogP contribution is -2.18. The molecule has 0 spiro atoms. The van der Waals surface area contributed by atoms with Crippen LogP contribution in [0.4, 0.5) is 0 Å². The summed E-state index contributed by atoms with van der Waals surface area (Å²) in [5.74, 6) is 2.89. The molecule has 2 bridgehead atoms.